The molecule has 0 unspecified atom stereocenters. The maximum Gasteiger partial charge on any atom is 0.270 e. The Kier molecular flexibility index (Phi) is 6.92. The number of hydrogen-bond donors (Lipinski definition) is 4. The predicted octanol–water partition coefficient (Wildman–Crippen LogP) is 3.88. The van der Waals surface area contributed by atoms with Crippen LogP contribution in [0.1, 0.15) is 16.7 Å². The molecule has 0 bridgehead atoms. The first-order valence-electron chi connectivity index (χ1n) is 9.79. The van der Waals surface area contributed by atoms with Crippen LogP contribution in [0.4, 0.5) is 17.1 Å². The third kappa shape index (κ3) is 5.35. The Morgan fingerprint density at radius 3 is 2.41 bits per heavy atom. The van der Waals surface area contributed by atoms with Crippen molar-refractivity contribution in [1.29, 1.82) is 0 Å². The number of nitrogens with zero attached hydrogens (tertiary/aromatic N) is 2. The highest BCUT2D eigenvalue weighted by Crippen LogP contribution is 2.36. The van der Waals surface area contributed by atoms with E-state index in [0.29, 0.717) is 16.8 Å². The number of aryl methyl sites for hydroxylation is 2. The van der Waals surface area contributed by atoms with Crippen molar-refractivity contribution in [2.75, 3.05) is 17.3 Å². The monoisotopic (exact) mass is 486 g/mol. The van der Waals surface area contributed by atoms with Gasteiger partial charge in [0, 0.05) is 17.7 Å². The number of anilines is 2. The summed E-state index contributed by atoms with van der Waals surface area (Å²) in [6.07, 6.45) is 1.25. The van der Waals surface area contributed by atoms with E-state index < -0.39 is 32.1 Å². The number of methoxy groups -OCH3 is 1. The third-order valence-corrected chi connectivity index (χ3v) is 6.19. The summed E-state index contributed by atoms with van der Waals surface area (Å²) in [5, 5.41) is 34.7. The number of benzene rings is 3. The van der Waals surface area contributed by atoms with E-state index in [1.165, 1.54) is 31.5 Å². The normalized spacial score (nSPS) is 11.4. The van der Waals surface area contributed by atoms with Crippen molar-refractivity contribution in [1.82, 2.24) is 0 Å². The Hall–Kier alpha value is -4.32. The zero-order valence-corrected chi connectivity index (χ0v) is 19.3. The van der Waals surface area contributed by atoms with Gasteiger partial charge in [-0.05, 0) is 43.7 Å². The lowest BCUT2D eigenvalue weighted by Crippen LogP contribution is -2.16. The number of aromatic hydroxyl groups is 2. The van der Waals surface area contributed by atoms with Crippen LogP contribution >= 0.6 is 0 Å². The highest BCUT2D eigenvalue weighted by atomic mass is 32.2. The van der Waals surface area contributed by atoms with E-state index >= 15 is 0 Å². The molecule has 0 aliphatic rings. The summed E-state index contributed by atoms with van der Waals surface area (Å²) in [4.78, 5) is 10.2. The average molecular weight is 487 g/mol. The van der Waals surface area contributed by atoms with Gasteiger partial charge in [0.1, 0.15) is 4.90 Å². The number of rotatable bonds is 8. The average Bonchev–Trinajstić information content (AvgIpc) is 2.78. The standard InChI is InChI=1S/C22H22N4O7S/c1-13-4-6-17(14(2)8-13)25-34(31,32)21-11-16(26(29)30)5-7-18(21)24-23-12-15-9-19(27)22(28)20(10-15)33-3/h4-12,24-25,27-28H,1-3H3/b23-12+. The van der Waals surface area contributed by atoms with E-state index in [0.717, 1.165) is 17.7 Å². The molecule has 3 aromatic carbocycles. The Balaban J connectivity index is 1.96. The molecular formula is C22H22N4O7S. The highest BCUT2D eigenvalue weighted by molar-refractivity contribution is 7.92. The number of phenolic OH excluding ortho intramolecular Hbond substituents is 2. The van der Waals surface area contributed by atoms with E-state index in [1.54, 1.807) is 25.1 Å². The first kappa shape index (κ1) is 24.3. The van der Waals surface area contributed by atoms with Crippen molar-refractivity contribution in [3.63, 3.8) is 0 Å². The van der Waals surface area contributed by atoms with Gasteiger partial charge in [-0.2, -0.15) is 5.10 Å². The van der Waals surface area contributed by atoms with E-state index in [-0.39, 0.29) is 16.3 Å². The Morgan fingerprint density at radius 1 is 1.06 bits per heavy atom. The fourth-order valence-corrected chi connectivity index (χ4v) is 4.40. The van der Waals surface area contributed by atoms with Gasteiger partial charge in [0.2, 0.25) is 5.75 Å². The molecule has 0 atom stereocenters. The molecule has 0 radical (unpaired) electrons. The quantitative estimate of drug-likeness (QED) is 0.161. The van der Waals surface area contributed by atoms with Crippen LogP contribution in [0.15, 0.2) is 58.5 Å². The number of nitro benzene ring substituents is 1. The minimum Gasteiger partial charge on any atom is -0.504 e. The van der Waals surface area contributed by atoms with Crippen molar-refractivity contribution in [2.45, 2.75) is 18.7 Å². The molecule has 0 aliphatic carbocycles. The number of phenols is 2. The number of nitro groups is 1. The lowest BCUT2D eigenvalue weighted by atomic mass is 10.1. The molecule has 0 spiro atoms. The molecule has 0 aromatic heterocycles. The van der Waals surface area contributed by atoms with E-state index in [4.69, 9.17) is 4.74 Å². The molecule has 3 aromatic rings. The molecule has 0 saturated heterocycles. The molecule has 12 heteroatoms. The zero-order chi connectivity index (χ0) is 25.0. The molecule has 0 heterocycles. The van der Waals surface area contributed by atoms with Gasteiger partial charge < -0.3 is 14.9 Å². The van der Waals surface area contributed by atoms with E-state index in [9.17, 15) is 28.7 Å². The third-order valence-electron chi connectivity index (χ3n) is 4.79. The topological polar surface area (TPSA) is 163 Å². The number of hydrazone groups is 1. The largest absolute Gasteiger partial charge is 0.504 e. The molecule has 178 valence electrons. The van der Waals surface area contributed by atoms with Crippen molar-refractivity contribution < 1.29 is 28.3 Å². The molecule has 4 N–H and O–H groups in total. The lowest BCUT2D eigenvalue weighted by Gasteiger charge is -2.14. The summed E-state index contributed by atoms with van der Waals surface area (Å²) >= 11 is 0. The van der Waals surface area contributed by atoms with Crippen molar-refractivity contribution in [3.8, 4) is 17.2 Å². The van der Waals surface area contributed by atoms with Gasteiger partial charge in [-0.25, -0.2) is 8.42 Å². The molecular weight excluding hydrogens is 464 g/mol. The second-order valence-corrected chi connectivity index (χ2v) is 8.97. The second kappa shape index (κ2) is 9.67. The molecule has 34 heavy (non-hydrogen) atoms. The molecule has 3 rings (SSSR count). The maximum absolute atomic E-state index is 13.1. The van der Waals surface area contributed by atoms with Gasteiger partial charge in [0.05, 0.1) is 29.6 Å². The molecule has 11 nitrogen and oxygen atoms in total. The fourth-order valence-electron chi connectivity index (χ4n) is 3.09. The SMILES string of the molecule is COc1cc(/C=N/Nc2ccc([N+](=O)[O-])cc2S(=O)(=O)Nc2ccc(C)cc2C)cc(O)c1O. The van der Waals surface area contributed by atoms with Gasteiger partial charge in [-0.3, -0.25) is 20.3 Å². The van der Waals surface area contributed by atoms with Crippen molar-refractivity contribution in [2.24, 2.45) is 5.10 Å². The first-order valence-corrected chi connectivity index (χ1v) is 11.3. The van der Waals surface area contributed by atoms with Gasteiger partial charge in [-0.15, -0.1) is 0 Å². The van der Waals surface area contributed by atoms with Crippen LogP contribution in [0.2, 0.25) is 0 Å². The molecule has 0 fully saturated rings. The first-order chi connectivity index (χ1) is 16.0. The van der Waals surface area contributed by atoms with Crippen molar-refractivity contribution in [3.05, 3.63) is 75.3 Å². The lowest BCUT2D eigenvalue weighted by molar-refractivity contribution is -0.385. The summed E-state index contributed by atoms with van der Waals surface area (Å²) in [6.45, 7) is 3.61. The fraction of sp³-hybridized carbons (Fsp3) is 0.136. The number of nitrogens with one attached hydrogen (secondary N) is 2. The van der Waals surface area contributed by atoms with Crippen LogP contribution < -0.4 is 14.9 Å². The minimum absolute atomic E-state index is 0.0118. The number of hydrogen-bond acceptors (Lipinski definition) is 9. The predicted molar refractivity (Wildman–Crippen MR) is 127 cm³/mol. The summed E-state index contributed by atoms with van der Waals surface area (Å²) in [6, 6.07) is 11.1. The number of sulfonamides is 1. The molecule has 0 aliphatic heterocycles. The summed E-state index contributed by atoms with van der Waals surface area (Å²) in [7, 11) is -2.93. The maximum atomic E-state index is 13.1. The summed E-state index contributed by atoms with van der Waals surface area (Å²) < 4.78 is 33.7. The minimum atomic E-state index is -4.24. The van der Waals surface area contributed by atoms with Gasteiger partial charge >= 0.3 is 0 Å². The molecule has 0 amide bonds. The zero-order valence-electron chi connectivity index (χ0n) is 18.4. The Morgan fingerprint density at radius 2 is 1.76 bits per heavy atom. The van der Waals surface area contributed by atoms with Crippen LogP contribution in [-0.2, 0) is 10.0 Å². The van der Waals surface area contributed by atoms with Gasteiger partial charge in [-0.1, -0.05) is 17.7 Å². The van der Waals surface area contributed by atoms with E-state index in [1.807, 2.05) is 6.92 Å². The Bertz CT molecular complexity index is 1390. The van der Waals surface area contributed by atoms with Crippen LogP contribution in [0.5, 0.6) is 17.2 Å². The number of non-ortho nitro benzene ring substituents is 1. The van der Waals surface area contributed by atoms with Crippen LogP contribution in [0.25, 0.3) is 0 Å². The summed E-state index contributed by atoms with van der Waals surface area (Å²) in [5.41, 5.74) is 4.42. The smallest absolute Gasteiger partial charge is 0.270 e. The van der Waals surface area contributed by atoms with E-state index in [2.05, 4.69) is 15.2 Å². The van der Waals surface area contributed by atoms with Crippen LogP contribution in [0, 0.1) is 24.0 Å². The molecule has 0 saturated carbocycles. The van der Waals surface area contributed by atoms with Gasteiger partial charge in [0.15, 0.2) is 11.5 Å². The number of ether oxygens (including phenoxy) is 1. The van der Waals surface area contributed by atoms with Crippen molar-refractivity contribution >= 4 is 33.3 Å². The summed E-state index contributed by atoms with van der Waals surface area (Å²) in [5.74, 6) is -0.858. The second-order valence-electron chi connectivity index (χ2n) is 7.32. The van der Waals surface area contributed by atoms with Gasteiger partial charge in [0.25, 0.3) is 15.7 Å². The van der Waals surface area contributed by atoms with Crippen LogP contribution in [-0.4, -0.2) is 36.9 Å². The Labute approximate surface area is 195 Å². The van der Waals surface area contributed by atoms with Crippen LogP contribution in [0.3, 0.4) is 0 Å². The highest BCUT2D eigenvalue weighted by Gasteiger charge is 2.23.